The molecule has 0 aromatic heterocycles. The molecule has 1 aliphatic rings. The summed E-state index contributed by atoms with van der Waals surface area (Å²) < 4.78 is 5.83. The number of nitrogens with zero attached hydrogens (tertiary/aromatic N) is 1. The molecule has 1 atom stereocenters. The van der Waals surface area contributed by atoms with E-state index in [1.807, 2.05) is 6.07 Å². The van der Waals surface area contributed by atoms with Crippen molar-refractivity contribution in [2.24, 2.45) is 5.92 Å². The van der Waals surface area contributed by atoms with E-state index in [-0.39, 0.29) is 11.8 Å². The summed E-state index contributed by atoms with van der Waals surface area (Å²) in [7, 11) is 0. The van der Waals surface area contributed by atoms with Gasteiger partial charge in [-0.05, 0) is 25.1 Å². The molecule has 1 aliphatic heterocycles. The average Bonchev–Trinajstić information content (AvgIpc) is 2.80. The molecular weight excluding hydrogens is 322 g/mol. The summed E-state index contributed by atoms with van der Waals surface area (Å²) in [5.74, 6) is -0.289. The minimum Gasteiger partial charge on any atom is -0.462 e. The van der Waals surface area contributed by atoms with Gasteiger partial charge in [0, 0.05) is 23.4 Å². The molecule has 0 spiro atoms. The number of anilines is 1. The number of amides is 1. The largest absolute Gasteiger partial charge is 0.462 e. The Balaban J connectivity index is 2.38. The van der Waals surface area contributed by atoms with Crippen LogP contribution in [-0.2, 0) is 9.53 Å². The number of esters is 1. The monoisotopic (exact) mass is 337 g/mol. The molecule has 1 fully saturated rings. The Labute approximate surface area is 126 Å². The summed E-state index contributed by atoms with van der Waals surface area (Å²) in [6.07, 6.45) is 2.21. The lowest BCUT2D eigenvalue weighted by molar-refractivity contribution is -0.117. The van der Waals surface area contributed by atoms with Crippen LogP contribution in [0.5, 0.6) is 0 Å². The molecule has 0 radical (unpaired) electrons. The van der Waals surface area contributed by atoms with Gasteiger partial charge in [-0.15, -0.1) is 6.58 Å². The van der Waals surface area contributed by atoms with E-state index < -0.39 is 5.97 Å². The second-order valence-corrected chi connectivity index (χ2v) is 5.50. The Morgan fingerprint density at radius 1 is 1.60 bits per heavy atom. The normalized spacial score (nSPS) is 18.2. The quantitative estimate of drug-likeness (QED) is 0.626. The van der Waals surface area contributed by atoms with Crippen LogP contribution in [0, 0.1) is 5.92 Å². The van der Waals surface area contributed by atoms with Crippen molar-refractivity contribution >= 4 is 33.5 Å². The molecule has 1 aromatic carbocycles. The lowest BCUT2D eigenvalue weighted by Gasteiger charge is -2.19. The van der Waals surface area contributed by atoms with Gasteiger partial charge in [0.2, 0.25) is 5.91 Å². The van der Waals surface area contributed by atoms with Crippen LogP contribution in [0.3, 0.4) is 0 Å². The highest BCUT2D eigenvalue weighted by Crippen LogP contribution is 2.31. The Hall–Kier alpha value is -1.62. The number of ether oxygens (including phenoxy) is 1. The molecule has 4 nitrogen and oxygen atoms in total. The lowest BCUT2D eigenvalue weighted by Crippen LogP contribution is -2.26. The molecule has 2 rings (SSSR count). The molecule has 1 unspecified atom stereocenters. The maximum atomic E-state index is 12.1. The van der Waals surface area contributed by atoms with Crippen molar-refractivity contribution < 1.29 is 14.3 Å². The van der Waals surface area contributed by atoms with Gasteiger partial charge in [-0.2, -0.15) is 0 Å². The van der Waals surface area contributed by atoms with E-state index in [4.69, 9.17) is 4.74 Å². The average molecular weight is 338 g/mol. The fourth-order valence-corrected chi connectivity index (χ4v) is 2.60. The zero-order valence-electron chi connectivity index (χ0n) is 11.3. The van der Waals surface area contributed by atoms with Gasteiger partial charge < -0.3 is 9.64 Å². The number of carbonyl (C=O) groups is 2. The molecule has 5 heteroatoms. The van der Waals surface area contributed by atoms with Crippen molar-refractivity contribution in [1.82, 2.24) is 0 Å². The highest BCUT2D eigenvalue weighted by atomic mass is 79.9. The Morgan fingerprint density at radius 2 is 2.35 bits per heavy atom. The lowest BCUT2D eigenvalue weighted by atomic mass is 10.1. The number of hydrogen-bond acceptors (Lipinski definition) is 3. The van der Waals surface area contributed by atoms with Crippen LogP contribution in [0.4, 0.5) is 5.69 Å². The van der Waals surface area contributed by atoms with Crippen molar-refractivity contribution in [2.75, 3.05) is 18.1 Å². The maximum Gasteiger partial charge on any atom is 0.340 e. The van der Waals surface area contributed by atoms with Gasteiger partial charge in [-0.1, -0.05) is 22.0 Å². The predicted molar refractivity (Wildman–Crippen MR) is 80.8 cm³/mol. The third-order valence-electron chi connectivity index (χ3n) is 3.23. The fourth-order valence-electron chi connectivity index (χ4n) is 2.24. The standard InChI is InChI=1S/C15H16BrNO3/c1-3-10-7-14(18)17(9-10)13-6-5-11(16)8-12(13)15(19)20-4-2/h3,5-6,8,10H,1,4,7,9H2,2H3. The van der Waals surface area contributed by atoms with E-state index in [9.17, 15) is 9.59 Å². The van der Waals surface area contributed by atoms with Crippen LogP contribution in [-0.4, -0.2) is 25.0 Å². The summed E-state index contributed by atoms with van der Waals surface area (Å²) in [6, 6.07) is 5.26. The molecule has 1 heterocycles. The van der Waals surface area contributed by atoms with E-state index in [1.165, 1.54) is 0 Å². The molecule has 0 N–H and O–H groups in total. The second-order valence-electron chi connectivity index (χ2n) is 4.59. The molecule has 0 saturated carbocycles. The summed E-state index contributed by atoms with van der Waals surface area (Å²) in [6.45, 7) is 6.33. The van der Waals surface area contributed by atoms with Gasteiger partial charge in [-0.3, -0.25) is 4.79 Å². The zero-order chi connectivity index (χ0) is 14.7. The van der Waals surface area contributed by atoms with Crippen LogP contribution < -0.4 is 4.90 Å². The SMILES string of the molecule is C=CC1CC(=O)N(c2ccc(Br)cc2C(=O)OCC)C1. The minimum atomic E-state index is -0.418. The summed E-state index contributed by atoms with van der Waals surface area (Å²) >= 11 is 3.34. The van der Waals surface area contributed by atoms with E-state index in [0.29, 0.717) is 30.8 Å². The maximum absolute atomic E-state index is 12.1. The number of rotatable bonds is 4. The van der Waals surface area contributed by atoms with Gasteiger partial charge in [-0.25, -0.2) is 4.79 Å². The molecule has 1 amide bonds. The molecular formula is C15H16BrNO3. The smallest absolute Gasteiger partial charge is 0.340 e. The second kappa shape index (κ2) is 6.22. The number of halogens is 1. The van der Waals surface area contributed by atoms with E-state index >= 15 is 0 Å². The van der Waals surface area contributed by atoms with Crippen molar-refractivity contribution in [3.63, 3.8) is 0 Å². The first-order valence-electron chi connectivity index (χ1n) is 6.46. The van der Waals surface area contributed by atoms with Gasteiger partial charge in [0.25, 0.3) is 0 Å². The van der Waals surface area contributed by atoms with E-state index in [1.54, 1.807) is 30.0 Å². The van der Waals surface area contributed by atoms with Crippen LogP contribution >= 0.6 is 15.9 Å². The minimum absolute atomic E-state index is 0.00257. The van der Waals surface area contributed by atoms with E-state index in [0.717, 1.165) is 4.47 Å². The molecule has 0 aliphatic carbocycles. The molecule has 1 saturated heterocycles. The Bertz CT molecular complexity index is 556. The third kappa shape index (κ3) is 2.93. The van der Waals surface area contributed by atoms with Gasteiger partial charge >= 0.3 is 5.97 Å². The van der Waals surface area contributed by atoms with Crippen LogP contribution in [0.2, 0.25) is 0 Å². The zero-order valence-corrected chi connectivity index (χ0v) is 12.9. The summed E-state index contributed by atoms with van der Waals surface area (Å²) in [5.41, 5.74) is 1.00. The number of hydrogen-bond donors (Lipinski definition) is 0. The van der Waals surface area contributed by atoms with Crippen molar-refractivity contribution in [2.45, 2.75) is 13.3 Å². The van der Waals surface area contributed by atoms with Crippen LogP contribution in [0.1, 0.15) is 23.7 Å². The predicted octanol–water partition coefficient (Wildman–Crippen LogP) is 3.16. The Kier molecular flexibility index (Phi) is 4.60. The first-order chi connectivity index (χ1) is 9.56. The number of carbonyl (C=O) groups excluding carboxylic acids is 2. The van der Waals surface area contributed by atoms with Crippen LogP contribution in [0.25, 0.3) is 0 Å². The van der Waals surface area contributed by atoms with Crippen LogP contribution in [0.15, 0.2) is 35.3 Å². The van der Waals surface area contributed by atoms with E-state index in [2.05, 4.69) is 22.5 Å². The summed E-state index contributed by atoms with van der Waals surface area (Å²) in [5, 5.41) is 0. The fraction of sp³-hybridized carbons (Fsp3) is 0.333. The molecule has 106 valence electrons. The molecule has 20 heavy (non-hydrogen) atoms. The van der Waals surface area contributed by atoms with Crippen molar-refractivity contribution in [3.05, 3.63) is 40.9 Å². The Morgan fingerprint density at radius 3 is 2.95 bits per heavy atom. The third-order valence-corrected chi connectivity index (χ3v) is 3.73. The van der Waals surface area contributed by atoms with Gasteiger partial charge in [0.15, 0.2) is 0 Å². The highest BCUT2D eigenvalue weighted by molar-refractivity contribution is 9.10. The highest BCUT2D eigenvalue weighted by Gasteiger charge is 2.31. The molecule has 0 bridgehead atoms. The van der Waals surface area contributed by atoms with Gasteiger partial charge in [0.1, 0.15) is 0 Å². The van der Waals surface area contributed by atoms with Crippen molar-refractivity contribution in [1.29, 1.82) is 0 Å². The number of benzene rings is 1. The van der Waals surface area contributed by atoms with Gasteiger partial charge in [0.05, 0.1) is 17.9 Å². The first kappa shape index (κ1) is 14.8. The first-order valence-corrected chi connectivity index (χ1v) is 7.25. The topological polar surface area (TPSA) is 46.6 Å². The molecule has 1 aromatic rings. The summed E-state index contributed by atoms with van der Waals surface area (Å²) in [4.78, 5) is 25.7. The van der Waals surface area contributed by atoms with Crippen molar-refractivity contribution in [3.8, 4) is 0 Å².